The van der Waals surface area contributed by atoms with Gasteiger partial charge < -0.3 is 4.90 Å². The number of nitrogens with zero attached hydrogens (tertiary/aromatic N) is 2. The number of allylic oxidation sites excluding steroid dienone is 3. The fraction of sp³-hybridized carbons (Fsp3) is 0.150. The van der Waals surface area contributed by atoms with E-state index >= 15 is 0 Å². The van der Waals surface area contributed by atoms with Gasteiger partial charge in [0.1, 0.15) is 0 Å². The molecule has 0 amide bonds. The van der Waals surface area contributed by atoms with Crippen molar-refractivity contribution in [3.63, 3.8) is 0 Å². The van der Waals surface area contributed by atoms with Crippen molar-refractivity contribution in [2.45, 2.75) is 13.8 Å². The Morgan fingerprint density at radius 2 is 1.91 bits per heavy atom. The summed E-state index contributed by atoms with van der Waals surface area (Å²) < 4.78 is 0. The molecule has 1 aliphatic heterocycles. The zero-order valence-electron chi connectivity index (χ0n) is 13.0. The third kappa shape index (κ3) is 3.01. The number of aliphatic imine (C=N–C) groups is 1. The number of fused-ring (bicyclic) bond motifs is 1. The van der Waals surface area contributed by atoms with Crippen LogP contribution in [0.5, 0.6) is 0 Å². The zero-order valence-corrected chi connectivity index (χ0v) is 13.0. The van der Waals surface area contributed by atoms with Crippen molar-refractivity contribution in [3.8, 4) is 0 Å². The Hall–Kier alpha value is -2.61. The molecular weight excluding hydrogens is 268 g/mol. The van der Waals surface area contributed by atoms with Gasteiger partial charge in [0, 0.05) is 30.2 Å². The van der Waals surface area contributed by atoms with E-state index in [2.05, 4.69) is 60.3 Å². The van der Waals surface area contributed by atoms with E-state index in [0.29, 0.717) is 0 Å². The molecule has 110 valence electrons. The summed E-state index contributed by atoms with van der Waals surface area (Å²) in [4.78, 5) is 6.75. The Labute approximate surface area is 132 Å². The molecule has 0 unspecified atom stereocenters. The van der Waals surface area contributed by atoms with Crippen LogP contribution in [-0.2, 0) is 0 Å². The second kappa shape index (κ2) is 6.44. The lowest BCUT2D eigenvalue weighted by molar-refractivity contribution is 1.01. The normalized spacial score (nSPS) is 15.5. The van der Waals surface area contributed by atoms with Gasteiger partial charge >= 0.3 is 0 Å². The largest absolute Gasteiger partial charge is 0.348 e. The molecule has 2 aromatic carbocycles. The Balaban J connectivity index is 1.93. The lowest BCUT2D eigenvalue weighted by Crippen LogP contribution is -2.19. The van der Waals surface area contributed by atoms with Gasteiger partial charge in [-0.15, -0.1) is 0 Å². The Bertz CT molecular complexity index is 740. The van der Waals surface area contributed by atoms with E-state index in [1.54, 1.807) is 0 Å². The van der Waals surface area contributed by atoms with Crippen molar-refractivity contribution in [3.05, 3.63) is 78.0 Å². The Morgan fingerprint density at radius 1 is 1.09 bits per heavy atom. The molecule has 0 radical (unpaired) electrons. The monoisotopic (exact) mass is 288 g/mol. The average Bonchev–Trinajstić information content (AvgIpc) is 2.56. The number of para-hydroxylation sites is 1. The minimum Gasteiger partial charge on any atom is -0.348 e. The predicted molar refractivity (Wildman–Crippen MR) is 95.9 cm³/mol. The van der Waals surface area contributed by atoms with Crippen LogP contribution < -0.4 is 4.90 Å². The maximum atomic E-state index is 4.49. The maximum Gasteiger partial charge on any atom is 0.0629 e. The number of benzene rings is 2. The predicted octanol–water partition coefficient (Wildman–Crippen LogP) is 5.13. The van der Waals surface area contributed by atoms with Gasteiger partial charge in [-0.3, -0.25) is 4.99 Å². The highest BCUT2D eigenvalue weighted by atomic mass is 15.1. The van der Waals surface area contributed by atoms with E-state index in [1.807, 2.05) is 36.5 Å². The first-order valence-electron chi connectivity index (χ1n) is 7.63. The summed E-state index contributed by atoms with van der Waals surface area (Å²) in [6.07, 6.45) is 8.25. The van der Waals surface area contributed by atoms with Crippen LogP contribution in [0.4, 0.5) is 11.4 Å². The molecule has 0 aliphatic carbocycles. The first-order chi connectivity index (χ1) is 10.8. The van der Waals surface area contributed by atoms with Crippen LogP contribution >= 0.6 is 0 Å². The van der Waals surface area contributed by atoms with Crippen LogP contribution in [0.1, 0.15) is 18.1 Å². The molecule has 3 rings (SSSR count). The third-order valence-electron chi connectivity index (χ3n) is 3.78. The van der Waals surface area contributed by atoms with Crippen LogP contribution in [0.25, 0.3) is 5.57 Å². The van der Waals surface area contributed by atoms with Crippen molar-refractivity contribution in [2.24, 2.45) is 4.99 Å². The Morgan fingerprint density at radius 3 is 2.68 bits per heavy atom. The highest BCUT2D eigenvalue weighted by molar-refractivity contribution is 5.94. The molecule has 0 atom stereocenters. The van der Waals surface area contributed by atoms with Crippen molar-refractivity contribution in [1.82, 2.24) is 0 Å². The second-order valence-electron chi connectivity index (χ2n) is 5.36. The molecule has 0 bridgehead atoms. The maximum absolute atomic E-state index is 4.49. The molecule has 1 aliphatic rings. The first kappa shape index (κ1) is 14.3. The van der Waals surface area contributed by atoms with Crippen LogP contribution in [0.2, 0.25) is 0 Å². The van der Waals surface area contributed by atoms with Crippen LogP contribution in [0.3, 0.4) is 0 Å². The van der Waals surface area contributed by atoms with E-state index in [4.69, 9.17) is 0 Å². The molecule has 0 saturated carbocycles. The van der Waals surface area contributed by atoms with Gasteiger partial charge in [-0.05, 0) is 55.8 Å². The van der Waals surface area contributed by atoms with Gasteiger partial charge in [-0.1, -0.05) is 29.8 Å². The SMILES string of the molecule is CCN1C=CC(=CC=Nc2ccccc2)c2cc(C)ccc21. The zero-order chi connectivity index (χ0) is 15.4. The highest BCUT2D eigenvalue weighted by Gasteiger charge is 2.14. The van der Waals surface area contributed by atoms with Gasteiger partial charge in [-0.25, -0.2) is 0 Å². The van der Waals surface area contributed by atoms with Crippen molar-refractivity contribution in [2.75, 3.05) is 11.4 Å². The molecular formula is C20H20N2. The number of hydrogen-bond donors (Lipinski definition) is 0. The van der Waals surface area contributed by atoms with Crippen LogP contribution in [0, 0.1) is 6.92 Å². The Kier molecular flexibility index (Phi) is 4.19. The quantitative estimate of drug-likeness (QED) is 0.714. The standard InChI is InChI=1S/C20H20N2/c1-3-22-14-12-17(19-15-16(2)9-10-20(19)22)11-13-21-18-7-5-4-6-8-18/h4-15H,3H2,1-2H3. The fourth-order valence-corrected chi connectivity index (χ4v) is 2.61. The first-order valence-corrected chi connectivity index (χ1v) is 7.63. The molecule has 0 spiro atoms. The molecule has 0 fully saturated rings. The summed E-state index contributed by atoms with van der Waals surface area (Å²) in [6.45, 7) is 5.27. The highest BCUT2D eigenvalue weighted by Crippen LogP contribution is 2.33. The molecule has 0 aromatic heterocycles. The molecule has 2 aromatic rings. The van der Waals surface area contributed by atoms with E-state index in [1.165, 1.54) is 22.4 Å². The van der Waals surface area contributed by atoms with Gasteiger partial charge in [-0.2, -0.15) is 0 Å². The fourth-order valence-electron chi connectivity index (χ4n) is 2.61. The summed E-state index contributed by atoms with van der Waals surface area (Å²) in [6, 6.07) is 16.6. The summed E-state index contributed by atoms with van der Waals surface area (Å²) in [5, 5.41) is 0. The van der Waals surface area contributed by atoms with Gasteiger partial charge in [0.25, 0.3) is 0 Å². The molecule has 2 nitrogen and oxygen atoms in total. The molecule has 2 heteroatoms. The molecule has 0 N–H and O–H groups in total. The van der Waals surface area contributed by atoms with Gasteiger partial charge in [0.15, 0.2) is 0 Å². The van der Waals surface area contributed by atoms with Crippen LogP contribution in [0.15, 0.2) is 71.9 Å². The average molecular weight is 288 g/mol. The number of aryl methyl sites for hydroxylation is 1. The van der Waals surface area contributed by atoms with Gasteiger partial charge in [0.2, 0.25) is 0 Å². The summed E-state index contributed by atoms with van der Waals surface area (Å²) in [5.74, 6) is 0. The number of hydrogen-bond acceptors (Lipinski definition) is 2. The van der Waals surface area contributed by atoms with Crippen molar-refractivity contribution in [1.29, 1.82) is 0 Å². The molecule has 1 heterocycles. The number of rotatable bonds is 3. The molecule has 0 saturated heterocycles. The topological polar surface area (TPSA) is 15.6 Å². The van der Waals surface area contributed by atoms with Crippen molar-refractivity contribution < 1.29 is 0 Å². The van der Waals surface area contributed by atoms with E-state index < -0.39 is 0 Å². The smallest absolute Gasteiger partial charge is 0.0629 e. The second-order valence-corrected chi connectivity index (χ2v) is 5.36. The molecule has 22 heavy (non-hydrogen) atoms. The summed E-state index contributed by atoms with van der Waals surface area (Å²) in [5.41, 5.74) is 5.97. The lowest BCUT2D eigenvalue weighted by Gasteiger charge is -2.26. The van der Waals surface area contributed by atoms with Gasteiger partial charge in [0.05, 0.1) is 5.69 Å². The lowest BCUT2D eigenvalue weighted by atomic mass is 9.98. The van der Waals surface area contributed by atoms with E-state index in [0.717, 1.165) is 12.2 Å². The van der Waals surface area contributed by atoms with Crippen LogP contribution in [-0.4, -0.2) is 12.8 Å². The summed E-state index contributed by atoms with van der Waals surface area (Å²) >= 11 is 0. The van der Waals surface area contributed by atoms with E-state index in [9.17, 15) is 0 Å². The summed E-state index contributed by atoms with van der Waals surface area (Å²) in [7, 11) is 0. The van der Waals surface area contributed by atoms with E-state index in [-0.39, 0.29) is 0 Å². The third-order valence-corrected chi connectivity index (χ3v) is 3.78. The van der Waals surface area contributed by atoms with Crippen molar-refractivity contribution >= 4 is 23.2 Å². The minimum absolute atomic E-state index is 0.970. The number of anilines is 1. The minimum atomic E-state index is 0.970.